The lowest BCUT2D eigenvalue weighted by Gasteiger charge is -2.37. The molecule has 1 saturated carbocycles. The molecule has 1 amide bonds. The van der Waals surface area contributed by atoms with Crippen molar-refractivity contribution in [1.29, 1.82) is 5.26 Å². The van der Waals surface area contributed by atoms with Crippen molar-refractivity contribution in [3.63, 3.8) is 0 Å². The zero-order chi connectivity index (χ0) is 27.3. The number of rotatable bonds is 9. The number of carbonyl (C=O) groups excluding carboxylic acids is 1. The summed E-state index contributed by atoms with van der Waals surface area (Å²) >= 11 is 12.4. The highest BCUT2D eigenvalue weighted by atomic mass is 35.5. The van der Waals surface area contributed by atoms with Crippen molar-refractivity contribution in [1.82, 2.24) is 10.6 Å². The minimum absolute atomic E-state index is 0.0774. The lowest BCUT2D eigenvalue weighted by atomic mass is 9.63. The number of benzene rings is 2. The maximum absolute atomic E-state index is 15.7. The van der Waals surface area contributed by atoms with Crippen LogP contribution in [0.1, 0.15) is 62.0 Å². The van der Waals surface area contributed by atoms with Crippen molar-refractivity contribution in [3.05, 3.63) is 69.5 Å². The summed E-state index contributed by atoms with van der Waals surface area (Å²) in [6, 6.07) is 12.8. The van der Waals surface area contributed by atoms with Crippen LogP contribution in [0.5, 0.6) is 0 Å². The van der Waals surface area contributed by atoms with E-state index in [4.69, 9.17) is 28.3 Å². The van der Waals surface area contributed by atoms with Gasteiger partial charge in [0.2, 0.25) is 5.91 Å². The summed E-state index contributed by atoms with van der Waals surface area (Å²) in [7, 11) is 0. The molecular formula is C29H34Cl2FN3O3. The third-order valence-corrected chi connectivity index (χ3v) is 8.69. The second kappa shape index (κ2) is 12.8. The second-order valence-electron chi connectivity index (χ2n) is 10.5. The zero-order valence-electron chi connectivity index (χ0n) is 21.2. The molecule has 204 valence electrons. The van der Waals surface area contributed by atoms with Gasteiger partial charge in [-0.05, 0) is 48.1 Å². The maximum atomic E-state index is 15.7. The monoisotopic (exact) mass is 561 g/mol. The van der Waals surface area contributed by atoms with Gasteiger partial charge in [0.05, 0.1) is 29.8 Å². The van der Waals surface area contributed by atoms with Gasteiger partial charge in [-0.2, -0.15) is 5.26 Å². The average Bonchev–Trinajstić information content (AvgIpc) is 3.25. The standard InChI is InChI=1S/C29H34Cl2FN3O3/c30-20-11-9-19(10-12-20)29(17-33)24(15-18-5-2-1-3-6-18)35-27(28(38)34-14-13-21(37)16-36)25(29)22-7-4-8-23(31)26(22)32/h4,7-12,18,21,24-25,27,35-37H,1-3,5-6,13-16H2,(H,34,38)/t21-,24-,25-,27-,29-/m0/s1. The number of hydrogen-bond donors (Lipinski definition) is 4. The lowest BCUT2D eigenvalue weighted by molar-refractivity contribution is -0.123. The van der Waals surface area contributed by atoms with Crippen molar-refractivity contribution in [2.24, 2.45) is 5.92 Å². The van der Waals surface area contributed by atoms with E-state index in [9.17, 15) is 15.2 Å². The van der Waals surface area contributed by atoms with E-state index in [-0.39, 0.29) is 23.6 Å². The van der Waals surface area contributed by atoms with E-state index in [0.717, 1.165) is 25.7 Å². The summed E-state index contributed by atoms with van der Waals surface area (Å²) in [6.07, 6.45) is 5.41. The highest BCUT2D eigenvalue weighted by Crippen LogP contribution is 2.52. The Balaban J connectivity index is 1.82. The van der Waals surface area contributed by atoms with Gasteiger partial charge in [-0.3, -0.25) is 4.79 Å². The molecule has 1 saturated heterocycles. The van der Waals surface area contributed by atoms with Crippen LogP contribution in [0.15, 0.2) is 42.5 Å². The van der Waals surface area contributed by atoms with Gasteiger partial charge < -0.3 is 20.8 Å². The molecule has 4 rings (SSSR count). The van der Waals surface area contributed by atoms with Crippen LogP contribution >= 0.6 is 23.2 Å². The summed E-state index contributed by atoms with van der Waals surface area (Å²) in [5, 5.41) is 36.5. The number of halogens is 3. The molecular weight excluding hydrogens is 528 g/mol. The van der Waals surface area contributed by atoms with E-state index in [1.807, 2.05) is 0 Å². The van der Waals surface area contributed by atoms with Crippen LogP contribution in [0.3, 0.4) is 0 Å². The molecule has 2 aliphatic rings. The quantitative estimate of drug-likeness (QED) is 0.350. The normalized spacial score (nSPS) is 26.6. The molecule has 0 aromatic heterocycles. The summed E-state index contributed by atoms with van der Waals surface area (Å²) in [4.78, 5) is 13.6. The molecule has 1 heterocycles. The fraction of sp³-hybridized carbons (Fsp3) is 0.517. The topological polar surface area (TPSA) is 105 Å². The number of aliphatic hydroxyl groups excluding tert-OH is 2. The number of aliphatic hydroxyl groups is 2. The first-order valence-electron chi connectivity index (χ1n) is 13.3. The molecule has 1 aliphatic carbocycles. The van der Waals surface area contributed by atoms with Gasteiger partial charge in [0.1, 0.15) is 11.2 Å². The Kier molecular flexibility index (Phi) is 9.67. The van der Waals surface area contributed by atoms with Crippen LogP contribution in [0.4, 0.5) is 4.39 Å². The first-order chi connectivity index (χ1) is 18.3. The highest BCUT2D eigenvalue weighted by Gasteiger charge is 2.60. The van der Waals surface area contributed by atoms with Crippen LogP contribution in [0.25, 0.3) is 0 Å². The smallest absolute Gasteiger partial charge is 0.237 e. The Labute approximate surface area is 233 Å². The maximum Gasteiger partial charge on any atom is 0.237 e. The predicted molar refractivity (Wildman–Crippen MR) is 146 cm³/mol. The van der Waals surface area contributed by atoms with Crippen LogP contribution in [-0.2, 0) is 10.2 Å². The molecule has 1 aliphatic heterocycles. The molecule has 9 heteroatoms. The van der Waals surface area contributed by atoms with Crippen molar-refractivity contribution >= 4 is 29.1 Å². The van der Waals surface area contributed by atoms with E-state index >= 15 is 4.39 Å². The molecule has 4 N–H and O–H groups in total. The first-order valence-corrected chi connectivity index (χ1v) is 14.0. The van der Waals surface area contributed by atoms with E-state index < -0.39 is 47.9 Å². The van der Waals surface area contributed by atoms with Gasteiger partial charge >= 0.3 is 0 Å². The van der Waals surface area contributed by atoms with E-state index in [2.05, 4.69) is 16.7 Å². The Morgan fingerprint density at radius 1 is 1.18 bits per heavy atom. The van der Waals surface area contributed by atoms with Crippen LogP contribution in [0, 0.1) is 23.1 Å². The molecule has 0 radical (unpaired) electrons. The summed E-state index contributed by atoms with van der Waals surface area (Å²) in [5.41, 5.74) is -0.420. The van der Waals surface area contributed by atoms with Crippen molar-refractivity contribution < 1.29 is 19.4 Å². The van der Waals surface area contributed by atoms with Crippen LogP contribution in [-0.4, -0.2) is 47.5 Å². The van der Waals surface area contributed by atoms with Gasteiger partial charge in [-0.25, -0.2) is 4.39 Å². The van der Waals surface area contributed by atoms with Gasteiger partial charge in [0.25, 0.3) is 0 Å². The van der Waals surface area contributed by atoms with Gasteiger partial charge in [0, 0.05) is 23.5 Å². The Morgan fingerprint density at radius 3 is 2.55 bits per heavy atom. The van der Waals surface area contributed by atoms with Gasteiger partial charge in [-0.15, -0.1) is 0 Å². The number of hydrogen-bond acceptors (Lipinski definition) is 5. The number of nitriles is 1. The summed E-state index contributed by atoms with van der Waals surface area (Å²) in [5.74, 6) is -1.56. The average molecular weight is 563 g/mol. The predicted octanol–water partition coefficient (Wildman–Crippen LogP) is 4.85. The Bertz CT molecular complexity index is 1150. The number of amides is 1. The highest BCUT2D eigenvalue weighted by molar-refractivity contribution is 6.31. The third-order valence-electron chi connectivity index (χ3n) is 8.14. The minimum Gasteiger partial charge on any atom is -0.394 e. The number of nitrogens with one attached hydrogen (secondary N) is 2. The van der Waals surface area contributed by atoms with E-state index in [0.29, 0.717) is 22.9 Å². The molecule has 6 nitrogen and oxygen atoms in total. The molecule has 0 bridgehead atoms. The van der Waals surface area contributed by atoms with Crippen molar-refractivity contribution in [2.45, 2.75) is 74.5 Å². The molecule has 0 spiro atoms. The summed E-state index contributed by atoms with van der Waals surface area (Å²) < 4.78 is 15.7. The molecule has 38 heavy (non-hydrogen) atoms. The van der Waals surface area contributed by atoms with Crippen LogP contribution < -0.4 is 10.6 Å². The first kappa shape index (κ1) is 28.8. The molecule has 5 atom stereocenters. The van der Waals surface area contributed by atoms with Crippen molar-refractivity contribution in [3.8, 4) is 6.07 Å². The minimum atomic E-state index is -1.28. The zero-order valence-corrected chi connectivity index (χ0v) is 22.7. The fourth-order valence-electron chi connectivity index (χ4n) is 6.23. The number of carbonyl (C=O) groups is 1. The number of nitrogens with zero attached hydrogens (tertiary/aromatic N) is 1. The molecule has 2 aromatic carbocycles. The van der Waals surface area contributed by atoms with Crippen molar-refractivity contribution in [2.75, 3.05) is 13.2 Å². The van der Waals surface area contributed by atoms with E-state index in [1.165, 1.54) is 12.5 Å². The largest absolute Gasteiger partial charge is 0.394 e. The van der Waals surface area contributed by atoms with Gasteiger partial charge in [0.15, 0.2) is 0 Å². The van der Waals surface area contributed by atoms with E-state index in [1.54, 1.807) is 36.4 Å². The van der Waals surface area contributed by atoms with Crippen LogP contribution in [0.2, 0.25) is 10.0 Å². The third kappa shape index (κ3) is 5.85. The fourth-order valence-corrected chi connectivity index (χ4v) is 6.54. The Morgan fingerprint density at radius 2 is 1.89 bits per heavy atom. The molecule has 0 unspecified atom stereocenters. The lowest BCUT2D eigenvalue weighted by Crippen LogP contribution is -2.46. The molecule has 2 fully saturated rings. The SMILES string of the molecule is N#C[C@]1(c2ccc(Cl)cc2)[C@H](CC2CCCCC2)N[C@H](C(=O)NCC[C@H](O)CO)[C@@H]1c1cccc(Cl)c1F. The second-order valence-corrected chi connectivity index (χ2v) is 11.3. The summed E-state index contributed by atoms with van der Waals surface area (Å²) in [6.45, 7) is -0.289. The molecule has 2 aromatic rings. The van der Waals surface area contributed by atoms with Gasteiger partial charge in [-0.1, -0.05) is 79.6 Å². The Hall–Kier alpha value is -2.21.